The van der Waals surface area contributed by atoms with Crippen molar-refractivity contribution in [2.45, 2.75) is 31.2 Å². The smallest absolute Gasteiger partial charge is 0.338 e. The molecular weight excluding hydrogens is 288 g/mol. The molecule has 1 aromatic carbocycles. The van der Waals surface area contributed by atoms with E-state index in [1.807, 2.05) is 0 Å². The fraction of sp³-hybridized carbons (Fsp3) is 0.562. The molecule has 0 saturated carbocycles. The number of phenolic OH excluding ortho intramolecular Hbond substituents is 1. The first kappa shape index (κ1) is 14.0. The summed E-state index contributed by atoms with van der Waals surface area (Å²) in [5, 5.41) is 10.2. The van der Waals surface area contributed by atoms with Crippen LogP contribution in [0.5, 0.6) is 5.75 Å². The molecule has 1 aromatic rings. The first-order chi connectivity index (χ1) is 10.7. The average molecular weight is 306 g/mol. The number of carbonyl (C=O) groups is 1. The number of phenols is 1. The summed E-state index contributed by atoms with van der Waals surface area (Å²) in [5.41, 5.74) is 2.10. The Bertz CT molecular complexity index is 587. The molecule has 3 unspecified atom stereocenters. The van der Waals surface area contributed by atoms with Crippen LogP contribution < -0.4 is 0 Å². The molecule has 6 nitrogen and oxygen atoms in total. The lowest BCUT2D eigenvalue weighted by atomic mass is 9.93. The van der Waals surface area contributed by atoms with Crippen LogP contribution in [-0.2, 0) is 31.8 Å². The van der Waals surface area contributed by atoms with Gasteiger partial charge in [-0.05, 0) is 17.7 Å². The van der Waals surface area contributed by atoms with Crippen LogP contribution in [-0.4, -0.2) is 55.8 Å². The van der Waals surface area contributed by atoms with E-state index in [2.05, 4.69) is 0 Å². The van der Waals surface area contributed by atoms with Gasteiger partial charge in [0.15, 0.2) is 0 Å². The van der Waals surface area contributed by atoms with Crippen molar-refractivity contribution in [3.63, 3.8) is 0 Å². The van der Waals surface area contributed by atoms with E-state index in [1.165, 1.54) is 0 Å². The van der Waals surface area contributed by atoms with Gasteiger partial charge in [0, 0.05) is 18.4 Å². The highest BCUT2D eigenvalue weighted by Gasteiger charge is 2.32. The Labute approximate surface area is 127 Å². The second kappa shape index (κ2) is 5.53. The summed E-state index contributed by atoms with van der Waals surface area (Å²) in [6.45, 7) is 2.32. The Kier molecular flexibility index (Phi) is 3.52. The number of benzene rings is 1. The molecule has 0 aromatic heterocycles. The summed E-state index contributed by atoms with van der Waals surface area (Å²) in [7, 11) is 0. The second-order valence-electron chi connectivity index (χ2n) is 5.96. The highest BCUT2D eigenvalue weighted by atomic mass is 16.6. The first-order valence-electron chi connectivity index (χ1n) is 7.56. The van der Waals surface area contributed by atoms with Crippen molar-refractivity contribution in [2.75, 3.05) is 26.4 Å². The molecule has 0 spiro atoms. The Balaban J connectivity index is 1.60. The van der Waals surface area contributed by atoms with Crippen LogP contribution in [0.15, 0.2) is 12.1 Å². The monoisotopic (exact) mass is 306 g/mol. The SMILES string of the molecule is O=C(OCC1CO1)c1ccc(O)c(CC2CO2)c1CC1CO1. The van der Waals surface area contributed by atoms with Gasteiger partial charge in [-0.1, -0.05) is 0 Å². The van der Waals surface area contributed by atoms with Crippen LogP contribution in [0.2, 0.25) is 0 Å². The predicted octanol–water partition coefficient (Wildman–Crippen LogP) is 0.830. The van der Waals surface area contributed by atoms with Crippen molar-refractivity contribution in [1.82, 2.24) is 0 Å². The third-order valence-electron chi connectivity index (χ3n) is 4.10. The van der Waals surface area contributed by atoms with E-state index in [-0.39, 0.29) is 36.6 Å². The Morgan fingerprint density at radius 2 is 1.64 bits per heavy atom. The van der Waals surface area contributed by atoms with Crippen LogP contribution in [0.3, 0.4) is 0 Å². The van der Waals surface area contributed by atoms with Gasteiger partial charge in [-0.3, -0.25) is 0 Å². The first-order valence-corrected chi connectivity index (χ1v) is 7.56. The standard InChI is InChI=1S/C16H18O6/c17-15-2-1-12(16(18)22-8-11-7-21-11)13(3-9-5-19-9)14(15)4-10-6-20-10/h1-2,9-11,17H,3-8H2. The summed E-state index contributed by atoms with van der Waals surface area (Å²) in [6, 6.07) is 3.18. The van der Waals surface area contributed by atoms with E-state index < -0.39 is 0 Å². The number of ether oxygens (including phenoxy) is 4. The van der Waals surface area contributed by atoms with E-state index in [0.717, 1.165) is 11.1 Å². The molecule has 3 fully saturated rings. The van der Waals surface area contributed by atoms with Crippen LogP contribution >= 0.6 is 0 Å². The lowest BCUT2D eigenvalue weighted by Crippen LogP contribution is -2.15. The minimum Gasteiger partial charge on any atom is -0.508 e. The third kappa shape index (κ3) is 3.24. The Hall–Kier alpha value is -1.63. The van der Waals surface area contributed by atoms with Gasteiger partial charge in [0.1, 0.15) is 18.5 Å². The van der Waals surface area contributed by atoms with E-state index in [4.69, 9.17) is 18.9 Å². The molecule has 3 saturated heterocycles. The number of esters is 1. The van der Waals surface area contributed by atoms with Gasteiger partial charge >= 0.3 is 5.97 Å². The molecule has 118 valence electrons. The minimum absolute atomic E-state index is 0.0376. The Morgan fingerprint density at radius 3 is 2.23 bits per heavy atom. The zero-order valence-electron chi connectivity index (χ0n) is 12.1. The third-order valence-corrected chi connectivity index (χ3v) is 4.10. The van der Waals surface area contributed by atoms with Gasteiger partial charge in [-0.25, -0.2) is 4.79 Å². The maximum absolute atomic E-state index is 12.3. The maximum Gasteiger partial charge on any atom is 0.338 e. The Morgan fingerprint density at radius 1 is 1.05 bits per heavy atom. The van der Waals surface area contributed by atoms with E-state index in [9.17, 15) is 9.90 Å². The number of carbonyl (C=O) groups excluding carboxylic acids is 1. The van der Waals surface area contributed by atoms with Crippen molar-refractivity contribution in [3.05, 3.63) is 28.8 Å². The molecule has 6 heteroatoms. The highest BCUT2D eigenvalue weighted by molar-refractivity contribution is 5.92. The predicted molar refractivity (Wildman–Crippen MR) is 75.0 cm³/mol. The van der Waals surface area contributed by atoms with Gasteiger partial charge in [0.05, 0.1) is 37.6 Å². The molecule has 22 heavy (non-hydrogen) atoms. The molecule has 1 N–H and O–H groups in total. The van der Waals surface area contributed by atoms with Crippen molar-refractivity contribution in [2.24, 2.45) is 0 Å². The number of epoxide rings is 3. The molecule has 3 heterocycles. The fourth-order valence-corrected chi connectivity index (χ4v) is 2.57. The molecule has 0 radical (unpaired) electrons. The van der Waals surface area contributed by atoms with Gasteiger partial charge < -0.3 is 24.1 Å². The molecule has 3 aliphatic heterocycles. The number of aromatic hydroxyl groups is 1. The molecule has 4 rings (SSSR count). The number of rotatable bonds is 7. The lowest BCUT2D eigenvalue weighted by molar-refractivity contribution is 0.0475. The largest absolute Gasteiger partial charge is 0.508 e. The fourth-order valence-electron chi connectivity index (χ4n) is 2.57. The number of hydrogen-bond acceptors (Lipinski definition) is 6. The molecule has 3 aliphatic rings. The summed E-state index contributed by atoms with van der Waals surface area (Å²) in [4.78, 5) is 12.3. The van der Waals surface area contributed by atoms with Crippen molar-refractivity contribution in [1.29, 1.82) is 0 Å². The van der Waals surface area contributed by atoms with Crippen LogP contribution in [0.1, 0.15) is 21.5 Å². The summed E-state index contributed by atoms with van der Waals surface area (Å²) in [6.07, 6.45) is 1.52. The quantitative estimate of drug-likeness (QED) is 0.593. The molecule has 0 bridgehead atoms. The summed E-state index contributed by atoms with van der Waals surface area (Å²) >= 11 is 0. The van der Waals surface area contributed by atoms with Gasteiger partial charge in [-0.15, -0.1) is 0 Å². The molecule has 0 aliphatic carbocycles. The zero-order chi connectivity index (χ0) is 15.1. The molecule has 0 amide bonds. The maximum atomic E-state index is 12.3. The van der Waals surface area contributed by atoms with Crippen molar-refractivity contribution in [3.8, 4) is 5.75 Å². The van der Waals surface area contributed by atoms with Crippen LogP contribution in [0.25, 0.3) is 0 Å². The minimum atomic E-state index is -0.371. The molecule has 3 atom stereocenters. The van der Waals surface area contributed by atoms with Crippen molar-refractivity contribution >= 4 is 5.97 Å². The average Bonchev–Trinajstić information content (AvgIpc) is 3.36. The number of hydrogen-bond donors (Lipinski definition) is 1. The summed E-state index contributed by atoms with van der Waals surface area (Å²) in [5.74, 6) is -0.169. The lowest BCUT2D eigenvalue weighted by Gasteiger charge is -2.15. The normalized spacial score (nSPS) is 28.3. The van der Waals surface area contributed by atoms with E-state index >= 15 is 0 Å². The topological polar surface area (TPSA) is 84.1 Å². The van der Waals surface area contributed by atoms with Gasteiger partial charge in [-0.2, -0.15) is 0 Å². The van der Waals surface area contributed by atoms with E-state index in [0.29, 0.717) is 38.2 Å². The van der Waals surface area contributed by atoms with Crippen LogP contribution in [0.4, 0.5) is 0 Å². The van der Waals surface area contributed by atoms with E-state index in [1.54, 1.807) is 12.1 Å². The molecular formula is C16H18O6. The van der Waals surface area contributed by atoms with Crippen LogP contribution in [0, 0.1) is 0 Å². The highest BCUT2D eigenvalue weighted by Crippen LogP contribution is 2.32. The van der Waals surface area contributed by atoms with Gasteiger partial charge in [0.25, 0.3) is 0 Å². The van der Waals surface area contributed by atoms with Crippen molar-refractivity contribution < 1.29 is 28.8 Å². The summed E-state index contributed by atoms with van der Waals surface area (Å²) < 4.78 is 20.9. The second-order valence-corrected chi connectivity index (χ2v) is 5.96. The zero-order valence-corrected chi connectivity index (χ0v) is 12.1. The van der Waals surface area contributed by atoms with Gasteiger partial charge in [0.2, 0.25) is 0 Å².